The maximum Gasteiger partial charge on any atom is 0.156 e. The molecule has 2 N–H and O–H groups in total. The fourth-order valence-corrected chi connectivity index (χ4v) is 4.55. The summed E-state index contributed by atoms with van der Waals surface area (Å²) in [6, 6.07) is 10.3. The van der Waals surface area contributed by atoms with E-state index >= 15 is 0 Å². The van der Waals surface area contributed by atoms with Gasteiger partial charge in [-0.05, 0) is 57.2 Å². The first-order chi connectivity index (χ1) is 15.7. The van der Waals surface area contributed by atoms with Crippen molar-refractivity contribution in [1.29, 1.82) is 0 Å². The SMILES string of the molecule is Cn1nc(-c2ccc(F)cc2)c(-c2ccc3nc(N)cn3n2)c1N1CCN(C(C)(C)C)CC1. The zero-order valence-electron chi connectivity index (χ0n) is 19.5. The number of imidazole rings is 1. The van der Waals surface area contributed by atoms with Crippen molar-refractivity contribution < 1.29 is 4.39 Å². The van der Waals surface area contributed by atoms with E-state index in [4.69, 9.17) is 15.9 Å². The molecule has 1 aliphatic heterocycles. The van der Waals surface area contributed by atoms with Crippen molar-refractivity contribution in [3.8, 4) is 22.5 Å². The molecular weight excluding hydrogens is 419 g/mol. The molecule has 9 heteroatoms. The van der Waals surface area contributed by atoms with Crippen LogP contribution in [-0.2, 0) is 7.05 Å². The van der Waals surface area contributed by atoms with E-state index in [9.17, 15) is 4.39 Å². The number of anilines is 2. The Labute approximate surface area is 192 Å². The molecule has 1 saturated heterocycles. The van der Waals surface area contributed by atoms with Crippen LogP contribution in [0.1, 0.15) is 20.8 Å². The van der Waals surface area contributed by atoms with Gasteiger partial charge in [-0.3, -0.25) is 9.58 Å². The molecule has 1 aliphatic rings. The first-order valence-electron chi connectivity index (χ1n) is 11.2. The highest BCUT2D eigenvalue weighted by atomic mass is 19.1. The first-order valence-corrected chi connectivity index (χ1v) is 11.2. The van der Waals surface area contributed by atoms with Crippen molar-refractivity contribution in [3.63, 3.8) is 0 Å². The van der Waals surface area contributed by atoms with Crippen molar-refractivity contribution in [2.75, 3.05) is 36.8 Å². The van der Waals surface area contributed by atoms with Gasteiger partial charge in [0.1, 0.15) is 23.1 Å². The first kappa shape index (κ1) is 21.4. The van der Waals surface area contributed by atoms with Gasteiger partial charge < -0.3 is 10.6 Å². The average Bonchev–Trinajstić information content (AvgIpc) is 3.32. The van der Waals surface area contributed by atoms with Gasteiger partial charge in [-0.1, -0.05) is 0 Å². The number of rotatable bonds is 3. The molecule has 0 radical (unpaired) electrons. The zero-order chi connectivity index (χ0) is 23.3. The van der Waals surface area contributed by atoms with E-state index in [-0.39, 0.29) is 11.4 Å². The Bertz CT molecular complexity index is 1290. The standard InChI is InChI=1S/C24H29FN8/c1-24(2,3)32-13-11-31(12-14-32)23-21(18-9-10-20-27-19(26)15-33(20)28-18)22(29-30(23)4)16-5-7-17(25)8-6-16/h5-10,15H,11-14,26H2,1-4H3. The molecule has 172 valence electrons. The minimum Gasteiger partial charge on any atom is -0.382 e. The van der Waals surface area contributed by atoms with E-state index in [1.165, 1.54) is 12.1 Å². The number of halogens is 1. The maximum absolute atomic E-state index is 13.6. The Hall–Kier alpha value is -3.46. The second kappa shape index (κ2) is 7.84. The van der Waals surface area contributed by atoms with Crippen LogP contribution in [0.5, 0.6) is 0 Å². The highest BCUT2D eigenvalue weighted by Crippen LogP contribution is 2.39. The van der Waals surface area contributed by atoms with Gasteiger partial charge in [-0.2, -0.15) is 10.2 Å². The Balaban J connectivity index is 1.63. The topological polar surface area (TPSA) is 80.5 Å². The fraction of sp³-hybridized carbons (Fsp3) is 0.375. The van der Waals surface area contributed by atoms with Crippen LogP contribution >= 0.6 is 0 Å². The Morgan fingerprint density at radius 2 is 1.64 bits per heavy atom. The lowest BCUT2D eigenvalue weighted by atomic mass is 10.0. The summed E-state index contributed by atoms with van der Waals surface area (Å²) in [4.78, 5) is 9.15. The predicted octanol–water partition coefficient (Wildman–Crippen LogP) is 3.44. The minimum atomic E-state index is -0.275. The number of nitrogen functional groups attached to an aromatic ring is 1. The monoisotopic (exact) mass is 448 g/mol. The van der Waals surface area contributed by atoms with E-state index in [1.54, 1.807) is 22.8 Å². The molecule has 1 fully saturated rings. The Morgan fingerprint density at radius 3 is 2.30 bits per heavy atom. The summed E-state index contributed by atoms with van der Waals surface area (Å²) in [6.07, 6.45) is 1.70. The zero-order valence-corrected chi connectivity index (χ0v) is 19.5. The van der Waals surface area contributed by atoms with Gasteiger partial charge in [0, 0.05) is 44.3 Å². The molecule has 0 aliphatic carbocycles. The molecule has 0 unspecified atom stereocenters. The van der Waals surface area contributed by atoms with E-state index in [0.29, 0.717) is 11.5 Å². The average molecular weight is 449 g/mol. The van der Waals surface area contributed by atoms with Crippen LogP contribution in [0.4, 0.5) is 16.0 Å². The third-order valence-electron chi connectivity index (χ3n) is 6.26. The number of hydrogen-bond acceptors (Lipinski definition) is 6. The molecule has 4 aromatic rings. The van der Waals surface area contributed by atoms with Gasteiger partial charge in [0.15, 0.2) is 5.65 Å². The van der Waals surface area contributed by atoms with Gasteiger partial charge >= 0.3 is 0 Å². The molecular formula is C24H29FN8. The summed E-state index contributed by atoms with van der Waals surface area (Å²) in [5.74, 6) is 1.15. The van der Waals surface area contributed by atoms with Crippen LogP contribution in [0.15, 0.2) is 42.6 Å². The molecule has 33 heavy (non-hydrogen) atoms. The van der Waals surface area contributed by atoms with Crippen molar-refractivity contribution >= 4 is 17.3 Å². The molecule has 4 heterocycles. The molecule has 8 nitrogen and oxygen atoms in total. The number of aromatic nitrogens is 5. The molecule has 0 spiro atoms. The molecule has 0 bridgehead atoms. The van der Waals surface area contributed by atoms with Crippen molar-refractivity contribution in [3.05, 3.63) is 48.4 Å². The number of benzene rings is 1. The van der Waals surface area contributed by atoms with E-state index in [2.05, 4.69) is 35.6 Å². The van der Waals surface area contributed by atoms with Crippen molar-refractivity contribution in [2.45, 2.75) is 26.3 Å². The summed E-state index contributed by atoms with van der Waals surface area (Å²) in [7, 11) is 1.95. The molecule has 3 aromatic heterocycles. The molecule has 0 amide bonds. The van der Waals surface area contributed by atoms with Gasteiger partial charge in [0.2, 0.25) is 0 Å². The lowest BCUT2D eigenvalue weighted by molar-refractivity contribution is 0.128. The lowest BCUT2D eigenvalue weighted by Gasteiger charge is -2.43. The summed E-state index contributed by atoms with van der Waals surface area (Å²) in [5.41, 5.74) is 9.99. The normalized spacial score (nSPS) is 15.5. The lowest BCUT2D eigenvalue weighted by Crippen LogP contribution is -2.53. The number of fused-ring (bicyclic) bond motifs is 1. The van der Waals surface area contributed by atoms with Crippen LogP contribution in [0.3, 0.4) is 0 Å². The molecule has 0 saturated carbocycles. The van der Waals surface area contributed by atoms with E-state index in [1.807, 2.05) is 23.9 Å². The Kier molecular flexibility index (Phi) is 5.08. The third kappa shape index (κ3) is 3.93. The minimum absolute atomic E-state index is 0.134. The van der Waals surface area contributed by atoms with Gasteiger partial charge in [-0.25, -0.2) is 13.9 Å². The quantitative estimate of drug-likeness (QED) is 0.517. The highest BCUT2D eigenvalue weighted by molar-refractivity contribution is 5.88. The van der Waals surface area contributed by atoms with Crippen molar-refractivity contribution in [2.24, 2.45) is 7.05 Å². The smallest absolute Gasteiger partial charge is 0.156 e. The summed E-state index contributed by atoms with van der Waals surface area (Å²) in [6.45, 7) is 10.4. The number of nitrogens with two attached hydrogens (primary N) is 1. The number of nitrogens with zero attached hydrogens (tertiary/aromatic N) is 7. The molecule has 0 atom stereocenters. The number of hydrogen-bond donors (Lipinski definition) is 1. The highest BCUT2D eigenvalue weighted by Gasteiger charge is 2.30. The van der Waals surface area contributed by atoms with E-state index in [0.717, 1.165) is 54.5 Å². The van der Waals surface area contributed by atoms with E-state index < -0.39 is 0 Å². The van der Waals surface area contributed by atoms with Gasteiger partial charge in [0.05, 0.1) is 17.5 Å². The maximum atomic E-state index is 13.6. The second-order valence-corrected chi connectivity index (χ2v) is 9.51. The number of piperazine rings is 1. The fourth-order valence-electron chi connectivity index (χ4n) is 4.55. The van der Waals surface area contributed by atoms with Crippen molar-refractivity contribution in [1.82, 2.24) is 29.3 Å². The molecule has 1 aromatic carbocycles. The summed E-state index contributed by atoms with van der Waals surface area (Å²) in [5, 5.41) is 9.67. The third-order valence-corrected chi connectivity index (χ3v) is 6.26. The van der Waals surface area contributed by atoms with Crippen LogP contribution in [0.2, 0.25) is 0 Å². The predicted molar refractivity (Wildman–Crippen MR) is 129 cm³/mol. The van der Waals surface area contributed by atoms with Gasteiger partial charge in [-0.15, -0.1) is 0 Å². The van der Waals surface area contributed by atoms with Crippen LogP contribution in [0, 0.1) is 5.82 Å². The van der Waals surface area contributed by atoms with Crippen LogP contribution in [0.25, 0.3) is 28.2 Å². The summed E-state index contributed by atoms with van der Waals surface area (Å²) >= 11 is 0. The molecule has 5 rings (SSSR count). The summed E-state index contributed by atoms with van der Waals surface area (Å²) < 4.78 is 17.2. The van der Waals surface area contributed by atoms with Crippen LogP contribution < -0.4 is 10.6 Å². The Morgan fingerprint density at radius 1 is 0.939 bits per heavy atom. The van der Waals surface area contributed by atoms with Gasteiger partial charge in [0.25, 0.3) is 0 Å². The largest absolute Gasteiger partial charge is 0.382 e. The van der Waals surface area contributed by atoms with Crippen LogP contribution in [-0.4, -0.2) is 61.0 Å². The second-order valence-electron chi connectivity index (χ2n) is 9.51. The number of aryl methyl sites for hydroxylation is 1.